The van der Waals surface area contributed by atoms with Gasteiger partial charge in [0.1, 0.15) is 5.60 Å². The van der Waals surface area contributed by atoms with Crippen molar-refractivity contribution in [3.05, 3.63) is 23.5 Å². The van der Waals surface area contributed by atoms with Crippen LogP contribution in [0.4, 0.5) is 4.79 Å². The van der Waals surface area contributed by atoms with Gasteiger partial charge in [0.25, 0.3) is 0 Å². The Morgan fingerprint density at radius 3 is 2.26 bits per heavy atom. The number of nitrogens with zero attached hydrogens (tertiary/aromatic N) is 1. The molecular weight excluding hydrogens is 246 g/mol. The van der Waals surface area contributed by atoms with Gasteiger partial charge in [0, 0.05) is 11.9 Å². The number of carbonyl (C=O) groups is 2. The average molecular weight is 267 g/mol. The summed E-state index contributed by atoms with van der Waals surface area (Å²) in [5.41, 5.74) is 0.479. The van der Waals surface area contributed by atoms with Gasteiger partial charge in [0.05, 0.1) is 12.7 Å². The molecule has 0 bridgehead atoms. The molecule has 5 nitrogen and oxygen atoms in total. The molecule has 1 rings (SSSR count). The highest BCUT2D eigenvalue weighted by Gasteiger charge is 2.23. The van der Waals surface area contributed by atoms with Crippen LogP contribution in [0.5, 0.6) is 0 Å². The van der Waals surface area contributed by atoms with Crippen LogP contribution in [0.15, 0.2) is 12.3 Å². The van der Waals surface area contributed by atoms with Gasteiger partial charge >= 0.3 is 12.1 Å². The first kappa shape index (κ1) is 15.3. The number of methoxy groups -OCH3 is 1. The van der Waals surface area contributed by atoms with Crippen molar-refractivity contribution in [2.24, 2.45) is 0 Å². The summed E-state index contributed by atoms with van der Waals surface area (Å²) in [5, 5.41) is 0. The van der Waals surface area contributed by atoms with Gasteiger partial charge in [-0.2, -0.15) is 0 Å². The number of aromatic nitrogens is 1. The maximum Gasteiger partial charge on any atom is 0.418 e. The second-order valence-corrected chi connectivity index (χ2v) is 5.65. The Morgan fingerprint density at radius 2 is 1.84 bits per heavy atom. The molecule has 0 unspecified atom stereocenters. The number of hydrogen-bond donors (Lipinski definition) is 0. The van der Waals surface area contributed by atoms with Crippen molar-refractivity contribution < 1.29 is 19.1 Å². The van der Waals surface area contributed by atoms with Gasteiger partial charge in [-0.15, -0.1) is 0 Å². The van der Waals surface area contributed by atoms with E-state index in [0.29, 0.717) is 5.56 Å². The largest absolute Gasteiger partial charge is 0.465 e. The Kier molecular flexibility index (Phi) is 4.39. The first-order chi connectivity index (χ1) is 8.65. The van der Waals surface area contributed by atoms with E-state index < -0.39 is 17.7 Å². The molecule has 0 atom stereocenters. The monoisotopic (exact) mass is 267 g/mol. The molecule has 0 saturated heterocycles. The van der Waals surface area contributed by atoms with Crippen molar-refractivity contribution in [2.45, 2.75) is 46.1 Å². The van der Waals surface area contributed by atoms with E-state index in [1.54, 1.807) is 26.8 Å². The van der Waals surface area contributed by atoms with E-state index in [0.717, 1.165) is 5.69 Å². The lowest BCUT2D eigenvalue weighted by Gasteiger charge is -2.21. The van der Waals surface area contributed by atoms with Gasteiger partial charge in [-0.05, 0) is 32.8 Å². The first-order valence-electron chi connectivity index (χ1n) is 6.19. The van der Waals surface area contributed by atoms with E-state index in [2.05, 4.69) is 4.74 Å². The molecule has 1 aromatic rings. The van der Waals surface area contributed by atoms with Gasteiger partial charge < -0.3 is 9.47 Å². The minimum Gasteiger partial charge on any atom is -0.465 e. The number of rotatable bonds is 2. The van der Waals surface area contributed by atoms with E-state index in [9.17, 15) is 9.59 Å². The Bertz CT molecular complexity index is 480. The zero-order valence-electron chi connectivity index (χ0n) is 12.3. The molecule has 1 aromatic heterocycles. The second kappa shape index (κ2) is 5.47. The van der Waals surface area contributed by atoms with E-state index in [1.165, 1.54) is 17.9 Å². The summed E-state index contributed by atoms with van der Waals surface area (Å²) in [6.45, 7) is 9.27. The van der Waals surface area contributed by atoms with Crippen molar-refractivity contribution in [3.63, 3.8) is 0 Å². The zero-order valence-corrected chi connectivity index (χ0v) is 12.3. The van der Waals surface area contributed by atoms with Crippen LogP contribution in [0, 0.1) is 0 Å². The number of ether oxygens (including phenoxy) is 2. The lowest BCUT2D eigenvalue weighted by atomic mass is 10.1. The first-order valence-corrected chi connectivity index (χ1v) is 6.19. The summed E-state index contributed by atoms with van der Waals surface area (Å²) in [4.78, 5) is 23.6. The normalized spacial score (nSPS) is 11.5. The molecule has 0 saturated carbocycles. The van der Waals surface area contributed by atoms with Gasteiger partial charge in [-0.25, -0.2) is 9.59 Å². The maximum absolute atomic E-state index is 12.1. The summed E-state index contributed by atoms with van der Waals surface area (Å²) >= 11 is 0. The molecular formula is C14H21NO4. The van der Waals surface area contributed by atoms with Gasteiger partial charge in [-0.3, -0.25) is 4.57 Å². The van der Waals surface area contributed by atoms with Crippen LogP contribution >= 0.6 is 0 Å². The predicted octanol–water partition coefficient (Wildman–Crippen LogP) is 3.18. The molecule has 0 aliphatic heterocycles. The fraction of sp³-hybridized carbons (Fsp3) is 0.571. The molecule has 0 spiro atoms. The highest BCUT2D eigenvalue weighted by molar-refractivity contribution is 5.90. The SMILES string of the molecule is COC(=O)c1cc(C(C)C)n(C(=O)OC(C)(C)C)c1. The van der Waals surface area contributed by atoms with Crippen LogP contribution in [-0.2, 0) is 9.47 Å². The number of carbonyl (C=O) groups excluding carboxylic acids is 2. The molecule has 106 valence electrons. The fourth-order valence-corrected chi connectivity index (χ4v) is 1.62. The Balaban J connectivity index is 3.15. The third-order valence-corrected chi connectivity index (χ3v) is 2.45. The van der Waals surface area contributed by atoms with Crippen molar-refractivity contribution in [2.75, 3.05) is 7.11 Å². The van der Waals surface area contributed by atoms with E-state index in [1.807, 2.05) is 13.8 Å². The Morgan fingerprint density at radius 1 is 1.26 bits per heavy atom. The molecule has 0 aromatic carbocycles. The standard InChI is InChI=1S/C14H21NO4/c1-9(2)11-7-10(12(16)18-6)8-15(11)13(17)19-14(3,4)5/h7-9H,1-6H3. The summed E-state index contributed by atoms with van der Waals surface area (Å²) < 4.78 is 11.3. The smallest absolute Gasteiger partial charge is 0.418 e. The van der Waals surface area contributed by atoms with Crippen molar-refractivity contribution in [3.8, 4) is 0 Å². The lowest BCUT2D eigenvalue weighted by Crippen LogP contribution is -2.27. The summed E-state index contributed by atoms with van der Waals surface area (Å²) in [5.74, 6) is -0.380. The zero-order chi connectivity index (χ0) is 14.8. The van der Waals surface area contributed by atoms with Crippen LogP contribution in [0.25, 0.3) is 0 Å². The van der Waals surface area contributed by atoms with Crippen molar-refractivity contribution in [1.29, 1.82) is 0 Å². The third-order valence-electron chi connectivity index (χ3n) is 2.45. The molecule has 1 heterocycles. The van der Waals surface area contributed by atoms with Crippen LogP contribution in [-0.4, -0.2) is 29.3 Å². The van der Waals surface area contributed by atoms with Crippen LogP contribution in [0.2, 0.25) is 0 Å². The molecule has 0 aliphatic rings. The highest BCUT2D eigenvalue weighted by Crippen LogP contribution is 2.20. The molecule has 0 fully saturated rings. The van der Waals surface area contributed by atoms with E-state index >= 15 is 0 Å². The minimum atomic E-state index is -0.582. The molecule has 0 aliphatic carbocycles. The van der Waals surface area contributed by atoms with Gasteiger partial charge in [0.15, 0.2) is 0 Å². The molecule has 19 heavy (non-hydrogen) atoms. The predicted molar refractivity (Wildman–Crippen MR) is 71.5 cm³/mol. The van der Waals surface area contributed by atoms with Crippen LogP contribution in [0.3, 0.4) is 0 Å². The molecule has 0 amide bonds. The third kappa shape index (κ3) is 3.84. The van der Waals surface area contributed by atoms with Crippen LogP contribution in [0.1, 0.15) is 56.6 Å². The molecule has 0 N–H and O–H groups in total. The average Bonchev–Trinajstić information content (AvgIpc) is 2.70. The Hall–Kier alpha value is -1.78. The maximum atomic E-state index is 12.1. The summed E-state index contributed by atoms with van der Waals surface area (Å²) in [6, 6.07) is 1.65. The van der Waals surface area contributed by atoms with Gasteiger partial charge in [-0.1, -0.05) is 13.8 Å². The molecule has 0 radical (unpaired) electrons. The van der Waals surface area contributed by atoms with Crippen molar-refractivity contribution >= 4 is 12.1 Å². The number of esters is 1. The van der Waals surface area contributed by atoms with E-state index in [4.69, 9.17) is 4.74 Å². The quantitative estimate of drug-likeness (QED) is 0.772. The Labute approximate surface area is 113 Å². The second-order valence-electron chi connectivity index (χ2n) is 5.65. The topological polar surface area (TPSA) is 57.5 Å². The highest BCUT2D eigenvalue weighted by atomic mass is 16.6. The summed E-state index contributed by atoms with van der Waals surface area (Å²) in [7, 11) is 1.31. The van der Waals surface area contributed by atoms with Crippen molar-refractivity contribution in [1.82, 2.24) is 4.57 Å². The lowest BCUT2D eigenvalue weighted by molar-refractivity contribution is 0.0531. The van der Waals surface area contributed by atoms with Crippen LogP contribution < -0.4 is 0 Å². The summed E-state index contributed by atoms with van der Waals surface area (Å²) in [6.07, 6.45) is 0.959. The fourth-order valence-electron chi connectivity index (χ4n) is 1.62. The van der Waals surface area contributed by atoms with E-state index in [-0.39, 0.29) is 5.92 Å². The van der Waals surface area contributed by atoms with Gasteiger partial charge in [0.2, 0.25) is 0 Å². The number of hydrogen-bond acceptors (Lipinski definition) is 4. The molecule has 5 heteroatoms. The minimum absolute atomic E-state index is 0.0888.